The van der Waals surface area contributed by atoms with Gasteiger partial charge in [-0.15, -0.1) is 0 Å². The molecule has 0 saturated heterocycles. The standard InChI is InChI=1S/C8H14N2O3/c1-9-7(11)4-10-6-3-2-5(6)8(12)13/h5-6,10H,2-4H2,1H3,(H,9,11)(H,12,13). The maximum atomic E-state index is 10.8. The first-order chi connectivity index (χ1) is 6.15. The lowest BCUT2D eigenvalue weighted by atomic mass is 9.79. The van der Waals surface area contributed by atoms with E-state index in [2.05, 4.69) is 10.6 Å². The SMILES string of the molecule is CNC(=O)CNC1CCC1C(=O)O. The lowest BCUT2D eigenvalue weighted by Gasteiger charge is -2.33. The summed E-state index contributed by atoms with van der Waals surface area (Å²) < 4.78 is 0. The predicted molar refractivity (Wildman–Crippen MR) is 46.2 cm³/mol. The maximum absolute atomic E-state index is 10.8. The van der Waals surface area contributed by atoms with Gasteiger partial charge in [0.2, 0.25) is 5.91 Å². The van der Waals surface area contributed by atoms with E-state index in [0.717, 1.165) is 6.42 Å². The van der Waals surface area contributed by atoms with Crippen LogP contribution in [0, 0.1) is 5.92 Å². The van der Waals surface area contributed by atoms with Crippen molar-refractivity contribution in [1.29, 1.82) is 0 Å². The van der Waals surface area contributed by atoms with Gasteiger partial charge in [0.05, 0.1) is 12.5 Å². The van der Waals surface area contributed by atoms with E-state index >= 15 is 0 Å². The zero-order chi connectivity index (χ0) is 9.84. The van der Waals surface area contributed by atoms with Gasteiger partial charge in [-0.1, -0.05) is 0 Å². The zero-order valence-electron chi connectivity index (χ0n) is 7.54. The Morgan fingerprint density at radius 2 is 2.15 bits per heavy atom. The molecule has 1 saturated carbocycles. The van der Waals surface area contributed by atoms with Crippen LogP contribution in [0.25, 0.3) is 0 Å². The third-order valence-corrected chi connectivity index (χ3v) is 2.40. The molecule has 1 amide bonds. The van der Waals surface area contributed by atoms with E-state index in [1.165, 1.54) is 0 Å². The van der Waals surface area contributed by atoms with E-state index in [0.29, 0.717) is 6.42 Å². The highest BCUT2D eigenvalue weighted by atomic mass is 16.4. The van der Waals surface area contributed by atoms with E-state index in [1.54, 1.807) is 7.05 Å². The van der Waals surface area contributed by atoms with Gasteiger partial charge in [0.1, 0.15) is 0 Å². The molecule has 2 atom stereocenters. The van der Waals surface area contributed by atoms with Crippen molar-refractivity contribution >= 4 is 11.9 Å². The number of rotatable bonds is 4. The fourth-order valence-electron chi connectivity index (χ4n) is 1.35. The van der Waals surface area contributed by atoms with Crippen molar-refractivity contribution < 1.29 is 14.7 Å². The Labute approximate surface area is 76.5 Å². The molecule has 1 fully saturated rings. The van der Waals surface area contributed by atoms with Crippen molar-refractivity contribution in [3.05, 3.63) is 0 Å². The molecule has 5 heteroatoms. The van der Waals surface area contributed by atoms with Crippen LogP contribution in [0.2, 0.25) is 0 Å². The highest BCUT2D eigenvalue weighted by Gasteiger charge is 2.36. The summed E-state index contributed by atoms with van der Waals surface area (Å²) in [7, 11) is 1.56. The molecule has 0 aromatic heterocycles. The monoisotopic (exact) mass is 186 g/mol. The van der Waals surface area contributed by atoms with Crippen molar-refractivity contribution in [1.82, 2.24) is 10.6 Å². The van der Waals surface area contributed by atoms with E-state index in [4.69, 9.17) is 5.11 Å². The average Bonchev–Trinajstić information content (AvgIpc) is 2.01. The van der Waals surface area contributed by atoms with Gasteiger partial charge in [-0.3, -0.25) is 9.59 Å². The largest absolute Gasteiger partial charge is 0.481 e. The lowest BCUT2D eigenvalue weighted by Crippen LogP contribution is -2.50. The van der Waals surface area contributed by atoms with Gasteiger partial charge in [-0.2, -0.15) is 0 Å². The minimum atomic E-state index is -0.777. The molecule has 13 heavy (non-hydrogen) atoms. The molecule has 1 aliphatic carbocycles. The van der Waals surface area contributed by atoms with Gasteiger partial charge < -0.3 is 15.7 Å². The summed E-state index contributed by atoms with van der Waals surface area (Å²) in [5.74, 6) is -1.21. The van der Waals surface area contributed by atoms with Gasteiger partial charge in [-0.05, 0) is 12.8 Å². The number of nitrogens with one attached hydrogen (secondary N) is 2. The van der Waals surface area contributed by atoms with Gasteiger partial charge in [0.15, 0.2) is 0 Å². The van der Waals surface area contributed by atoms with Crippen LogP contribution in [0.1, 0.15) is 12.8 Å². The minimum Gasteiger partial charge on any atom is -0.481 e. The fourth-order valence-corrected chi connectivity index (χ4v) is 1.35. The topological polar surface area (TPSA) is 78.4 Å². The summed E-state index contributed by atoms with van der Waals surface area (Å²) in [5.41, 5.74) is 0. The Bertz CT molecular complexity index is 217. The number of aliphatic carboxylic acids is 1. The normalized spacial score (nSPS) is 26.2. The van der Waals surface area contributed by atoms with Crippen LogP contribution in [0.5, 0.6) is 0 Å². The number of carbonyl (C=O) groups excluding carboxylic acids is 1. The van der Waals surface area contributed by atoms with E-state index < -0.39 is 5.97 Å². The Balaban J connectivity index is 2.23. The number of likely N-dealkylation sites (N-methyl/N-ethyl adjacent to an activating group) is 1. The molecule has 0 aromatic carbocycles. The van der Waals surface area contributed by atoms with E-state index in [9.17, 15) is 9.59 Å². The van der Waals surface area contributed by atoms with Crippen LogP contribution in [-0.2, 0) is 9.59 Å². The molecule has 2 unspecified atom stereocenters. The first-order valence-corrected chi connectivity index (χ1v) is 4.32. The average molecular weight is 186 g/mol. The van der Waals surface area contributed by atoms with Crippen LogP contribution in [0.15, 0.2) is 0 Å². The third kappa shape index (κ3) is 2.42. The molecule has 0 spiro atoms. The lowest BCUT2D eigenvalue weighted by molar-refractivity contribution is -0.146. The minimum absolute atomic E-state index is 0.0326. The molecular weight excluding hydrogens is 172 g/mol. The number of carboxylic acid groups (broad SMARTS) is 1. The first kappa shape index (κ1) is 9.98. The molecule has 1 aliphatic rings. The van der Waals surface area contributed by atoms with Crippen LogP contribution in [0.3, 0.4) is 0 Å². The molecule has 0 aromatic rings. The van der Waals surface area contributed by atoms with Crippen LogP contribution in [0.4, 0.5) is 0 Å². The van der Waals surface area contributed by atoms with Crippen molar-refractivity contribution in [2.45, 2.75) is 18.9 Å². The molecular formula is C8H14N2O3. The van der Waals surface area contributed by atoms with Crippen LogP contribution < -0.4 is 10.6 Å². The fraction of sp³-hybridized carbons (Fsp3) is 0.750. The first-order valence-electron chi connectivity index (χ1n) is 4.32. The van der Waals surface area contributed by atoms with Crippen molar-refractivity contribution in [3.63, 3.8) is 0 Å². The van der Waals surface area contributed by atoms with Gasteiger partial charge in [-0.25, -0.2) is 0 Å². The second kappa shape index (κ2) is 4.23. The van der Waals surface area contributed by atoms with Gasteiger partial charge in [0, 0.05) is 13.1 Å². The van der Waals surface area contributed by atoms with Crippen LogP contribution in [-0.4, -0.2) is 36.6 Å². The van der Waals surface area contributed by atoms with Crippen molar-refractivity contribution in [2.24, 2.45) is 5.92 Å². The molecule has 0 heterocycles. The summed E-state index contributed by atoms with van der Waals surface area (Å²) in [4.78, 5) is 21.4. The smallest absolute Gasteiger partial charge is 0.308 e. The second-order valence-electron chi connectivity index (χ2n) is 3.18. The van der Waals surface area contributed by atoms with Gasteiger partial charge in [0.25, 0.3) is 0 Å². The Morgan fingerprint density at radius 1 is 1.46 bits per heavy atom. The molecule has 0 bridgehead atoms. The summed E-state index contributed by atoms with van der Waals surface area (Å²) in [6.07, 6.45) is 1.55. The highest BCUT2D eigenvalue weighted by Crippen LogP contribution is 2.27. The number of carbonyl (C=O) groups is 2. The Kier molecular flexibility index (Phi) is 3.25. The predicted octanol–water partition coefficient (Wildman–Crippen LogP) is -0.815. The molecule has 0 radical (unpaired) electrons. The molecule has 5 nitrogen and oxygen atoms in total. The Morgan fingerprint density at radius 3 is 2.54 bits per heavy atom. The van der Waals surface area contributed by atoms with Crippen molar-refractivity contribution in [3.8, 4) is 0 Å². The van der Waals surface area contributed by atoms with E-state index in [1.807, 2.05) is 0 Å². The zero-order valence-corrected chi connectivity index (χ0v) is 7.54. The van der Waals surface area contributed by atoms with Gasteiger partial charge >= 0.3 is 5.97 Å². The maximum Gasteiger partial charge on any atom is 0.308 e. The third-order valence-electron chi connectivity index (χ3n) is 2.40. The molecule has 3 N–H and O–H groups in total. The summed E-state index contributed by atoms with van der Waals surface area (Å²) in [5, 5.41) is 14.1. The molecule has 0 aliphatic heterocycles. The summed E-state index contributed by atoms with van der Waals surface area (Å²) in [6, 6.07) is -0.0326. The number of hydrogen-bond acceptors (Lipinski definition) is 3. The molecule has 74 valence electrons. The summed E-state index contributed by atoms with van der Waals surface area (Å²) >= 11 is 0. The molecule has 1 rings (SSSR count). The van der Waals surface area contributed by atoms with E-state index in [-0.39, 0.29) is 24.4 Å². The number of amides is 1. The Hall–Kier alpha value is -1.10. The highest BCUT2D eigenvalue weighted by molar-refractivity contribution is 5.78. The van der Waals surface area contributed by atoms with Crippen LogP contribution >= 0.6 is 0 Å². The number of carboxylic acids is 1. The second-order valence-corrected chi connectivity index (χ2v) is 3.18. The quantitative estimate of drug-likeness (QED) is 0.536. The number of hydrogen-bond donors (Lipinski definition) is 3. The van der Waals surface area contributed by atoms with Crippen molar-refractivity contribution in [2.75, 3.05) is 13.6 Å². The summed E-state index contributed by atoms with van der Waals surface area (Å²) in [6.45, 7) is 0.199.